The Bertz CT molecular complexity index is 730. The quantitative estimate of drug-likeness (QED) is 0.894. The molecule has 1 fully saturated rings. The molecule has 2 heterocycles. The number of aryl methyl sites for hydroxylation is 1. The molecule has 0 spiro atoms. The van der Waals surface area contributed by atoms with Crippen molar-refractivity contribution in [2.24, 2.45) is 5.92 Å². The minimum atomic E-state index is 0.124. The molecular weight excluding hydrogens is 354 g/mol. The van der Waals surface area contributed by atoms with Crippen molar-refractivity contribution in [3.63, 3.8) is 0 Å². The van der Waals surface area contributed by atoms with Gasteiger partial charge in [0.05, 0.1) is 11.1 Å². The molecule has 0 bridgehead atoms. The standard InChI is InChI=1S/C18H22BrN3O/c1-12-8-16(15-9-14(19)5-6-17(15)21-12)18(23)22-7-3-4-13(11-22)10-20-2/h5-6,8-9,13,20H,3-4,7,10-11H2,1-2H3. The fourth-order valence-electron chi connectivity index (χ4n) is 3.38. The highest BCUT2D eigenvalue weighted by atomic mass is 79.9. The molecule has 4 nitrogen and oxygen atoms in total. The van der Waals surface area contributed by atoms with Crippen LogP contribution in [0.3, 0.4) is 0 Å². The smallest absolute Gasteiger partial charge is 0.254 e. The molecular formula is C18H22BrN3O. The van der Waals surface area contributed by atoms with Crippen LogP contribution >= 0.6 is 15.9 Å². The number of nitrogens with one attached hydrogen (secondary N) is 1. The lowest BCUT2D eigenvalue weighted by Gasteiger charge is -2.33. The number of rotatable bonds is 3. The molecule has 0 radical (unpaired) electrons. The summed E-state index contributed by atoms with van der Waals surface area (Å²) in [6.45, 7) is 4.58. The van der Waals surface area contributed by atoms with Gasteiger partial charge in [0.2, 0.25) is 0 Å². The van der Waals surface area contributed by atoms with Crippen LogP contribution in [-0.2, 0) is 0 Å². The van der Waals surface area contributed by atoms with Crippen LogP contribution in [0.15, 0.2) is 28.7 Å². The van der Waals surface area contributed by atoms with E-state index in [-0.39, 0.29) is 5.91 Å². The van der Waals surface area contributed by atoms with E-state index in [1.54, 1.807) is 0 Å². The molecule has 1 aromatic heterocycles. The summed E-state index contributed by atoms with van der Waals surface area (Å²) in [5.41, 5.74) is 2.52. The second-order valence-corrected chi connectivity index (χ2v) is 7.21. The van der Waals surface area contributed by atoms with Crippen molar-refractivity contribution >= 4 is 32.7 Å². The van der Waals surface area contributed by atoms with Gasteiger partial charge in [-0.25, -0.2) is 0 Å². The van der Waals surface area contributed by atoms with Gasteiger partial charge in [0.25, 0.3) is 5.91 Å². The van der Waals surface area contributed by atoms with Crippen LogP contribution in [0.1, 0.15) is 28.9 Å². The predicted octanol–water partition coefficient (Wildman–Crippen LogP) is 3.38. The van der Waals surface area contributed by atoms with Gasteiger partial charge in [0, 0.05) is 28.6 Å². The zero-order valence-corrected chi connectivity index (χ0v) is 15.2. The lowest BCUT2D eigenvalue weighted by atomic mass is 9.96. The zero-order chi connectivity index (χ0) is 16.4. The number of fused-ring (bicyclic) bond motifs is 1. The van der Waals surface area contributed by atoms with Crippen molar-refractivity contribution in [3.8, 4) is 0 Å². The summed E-state index contributed by atoms with van der Waals surface area (Å²) < 4.78 is 0.969. The lowest BCUT2D eigenvalue weighted by Crippen LogP contribution is -2.42. The lowest BCUT2D eigenvalue weighted by molar-refractivity contribution is 0.0676. The molecule has 0 saturated carbocycles. The van der Waals surface area contributed by atoms with Gasteiger partial charge in [-0.1, -0.05) is 15.9 Å². The first-order valence-corrected chi connectivity index (χ1v) is 8.88. The van der Waals surface area contributed by atoms with E-state index in [9.17, 15) is 4.79 Å². The molecule has 1 amide bonds. The molecule has 1 atom stereocenters. The maximum Gasteiger partial charge on any atom is 0.254 e. The van der Waals surface area contributed by atoms with Crippen molar-refractivity contribution in [2.75, 3.05) is 26.7 Å². The molecule has 2 aromatic rings. The van der Waals surface area contributed by atoms with Gasteiger partial charge in [0.1, 0.15) is 0 Å². The Balaban J connectivity index is 1.95. The first kappa shape index (κ1) is 16.4. The summed E-state index contributed by atoms with van der Waals surface area (Å²) >= 11 is 3.50. The van der Waals surface area contributed by atoms with Gasteiger partial charge < -0.3 is 10.2 Å². The number of halogens is 1. The van der Waals surface area contributed by atoms with Gasteiger partial charge >= 0.3 is 0 Å². The Kier molecular flexibility index (Phi) is 4.97. The van der Waals surface area contributed by atoms with Crippen molar-refractivity contribution in [3.05, 3.63) is 40.0 Å². The van der Waals surface area contributed by atoms with Crippen molar-refractivity contribution < 1.29 is 4.79 Å². The number of aromatic nitrogens is 1. The topological polar surface area (TPSA) is 45.2 Å². The van der Waals surface area contributed by atoms with Crippen LogP contribution in [-0.4, -0.2) is 42.5 Å². The Morgan fingerprint density at radius 1 is 1.43 bits per heavy atom. The van der Waals surface area contributed by atoms with E-state index in [1.807, 2.05) is 43.1 Å². The largest absolute Gasteiger partial charge is 0.338 e. The zero-order valence-electron chi connectivity index (χ0n) is 13.6. The second-order valence-electron chi connectivity index (χ2n) is 6.29. The SMILES string of the molecule is CNCC1CCCN(C(=O)c2cc(C)nc3ccc(Br)cc23)C1. The number of piperidine rings is 1. The van der Waals surface area contributed by atoms with Crippen LogP contribution < -0.4 is 5.32 Å². The molecule has 23 heavy (non-hydrogen) atoms. The molecule has 1 aliphatic heterocycles. The van der Waals surface area contributed by atoms with Crippen LogP contribution in [0.25, 0.3) is 10.9 Å². The number of hydrogen-bond acceptors (Lipinski definition) is 3. The molecule has 1 aliphatic rings. The maximum absolute atomic E-state index is 13.1. The van der Waals surface area contributed by atoms with E-state index in [1.165, 1.54) is 6.42 Å². The van der Waals surface area contributed by atoms with Gasteiger partial charge in [-0.05, 0) is 63.5 Å². The monoisotopic (exact) mass is 375 g/mol. The van der Waals surface area contributed by atoms with E-state index in [0.29, 0.717) is 5.92 Å². The maximum atomic E-state index is 13.1. The van der Waals surface area contributed by atoms with Crippen LogP contribution in [0.5, 0.6) is 0 Å². The third-order valence-electron chi connectivity index (χ3n) is 4.43. The molecule has 1 saturated heterocycles. The fraction of sp³-hybridized carbons (Fsp3) is 0.444. The van der Waals surface area contributed by atoms with Crippen molar-refractivity contribution in [2.45, 2.75) is 19.8 Å². The fourth-order valence-corrected chi connectivity index (χ4v) is 3.74. The molecule has 3 rings (SSSR count). The minimum Gasteiger partial charge on any atom is -0.338 e. The summed E-state index contributed by atoms with van der Waals surface area (Å²) in [6.07, 6.45) is 2.26. The number of carbonyl (C=O) groups is 1. The minimum absolute atomic E-state index is 0.124. The van der Waals surface area contributed by atoms with Crippen molar-refractivity contribution in [1.29, 1.82) is 0 Å². The van der Waals surface area contributed by atoms with E-state index < -0.39 is 0 Å². The number of pyridine rings is 1. The van der Waals surface area contributed by atoms with Gasteiger partial charge in [-0.15, -0.1) is 0 Å². The Hall–Kier alpha value is -1.46. The Morgan fingerprint density at radius 3 is 3.04 bits per heavy atom. The molecule has 5 heteroatoms. The van der Waals surface area contributed by atoms with Crippen LogP contribution in [0.2, 0.25) is 0 Å². The molecule has 1 N–H and O–H groups in total. The number of nitrogens with zero attached hydrogens (tertiary/aromatic N) is 2. The summed E-state index contributed by atoms with van der Waals surface area (Å²) in [5, 5.41) is 4.15. The highest BCUT2D eigenvalue weighted by Crippen LogP contribution is 2.25. The van der Waals surface area contributed by atoms with E-state index in [2.05, 4.69) is 26.2 Å². The van der Waals surface area contributed by atoms with E-state index in [0.717, 1.165) is 52.7 Å². The Labute approximate surface area is 145 Å². The summed E-state index contributed by atoms with van der Waals surface area (Å²) in [6, 6.07) is 7.83. The number of carbonyl (C=O) groups excluding carboxylic acids is 1. The average molecular weight is 376 g/mol. The summed E-state index contributed by atoms with van der Waals surface area (Å²) in [7, 11) is 1.97. The number of benzene rings is 1. The summed E-state index contributed by atoms with van der Waals surface area (Å²) in [4.78, 5) is 19.6. The second kappa shape index (κ2) is 6.97. The Morgan fingerprint density at radius 2 is 2.26 bits per heavy atom. The average Bonchev–Trinajstić information content (AvgIpc) is 2.54. The molecule has 1 unspecified atom stereocenters. The first-order chi connectivity index (χ1) is 11.1. The van der Waals surface area contributed by atoms with Gasteiger partial charge in [0.15, 0.2) is 0 Å². The number of hydrogen-bond donors (Lipinski definition) is 1. The summed E-state index contributed by atoms with van der Waals surface area (Å²) in [5.74, 6) is 0.665. The predicted molar refractivity (Wildman–Crippen MR) is 96.7 cm³/mol. The molecule has 122 valence electrons. The molecule has 0 aliphatic carbocycles. The third kappa shape index (κ3) is 3.56. The number of amides is 1. The van der Waals surface area contributed by atoms with Crippen LogP contribution in [0, 0.1) is 12.8 Å². The van der Waals surface area contributed by atoms with Gasteiger partial charge in [-0.2, -0.15) is 0 Å². The normalized spacial score (nSPS) is 18.4. The molecule has 1 aromatic carbocycles. The van der Waals surface area contributed by atoms with Gasteiger partial charge in [-0.3, -0.25) is 9.78 Å². The highest BCUT2D eigenvalue weighted by Gasteiger charge is 2.25. The van der Waals surface area contributed by atoms with Crippen molar-refractivity contribution in [1.82, 2.24) is 15.2 Å². The third-order valence-corrected chi connectivity index (χ3v) is 4.92. The highest BCUT2D eigenvalue weighted by molar-refractivity contribution is 9.10. The number of likely N-dealkylation sites (tertiary alicyclic amines) is 1. The first-order valence-electron chi connectivity index (χ1n) is 8.09. The van der Waals surface area contributed by atoms with Crippen LogP contribution in [0.4, 0.5) is 0 Å². The van der Waals surface area contributed by atoms with E-state index >= 15 is 0 Å². The van der Waals surface area contributed by atoms with E-state index in [4.69, 9.17) is 0 Å².